The summed E-state index contributed by atoms with van der Waals surface area (Å²) in [6.45, 7) is 6.57. The lowest BCUT2D eigenvalue weighted by atomic mass is 9.91. The second-order valence-corrected chi connectivity index (χ2v) is 9.29. The Balaban J connectivity index is 2.00. The zero-order valence-electron chi connectivity index (χ0n) is 20.9. The Morgan fingerprint density at radius 3 is 2.56 bits per heavy atom. The molecule has 1 aromatic carbocycles. The summed E-state index contributed by atoms with van der Waals surface area (Å²) in [5.74, 6) is -0.834. The number of hydrogen-bond acceptors (Lipinski definition) is 4. The number of ether oxygens (including phenoxy) is 1. The lowest BCUT2D eigenvalue weighted by Gasteiger charge is -2.33. The van der Waals surface area contributed by atoms with Crippen molar-refractivity contribution in [2.24, 2.45) is 5.92 Å². The summed E-state index contributed by atoms with van der Waals surface area (Å²) < 4.78 is 46.5. The minimum Gasteiger partial charge on any atom is -0.385 e. The number of halogens is 3. The molecule has 0 aliphatic carbocycles. The molecule has 0 aromatic heterocycles. The number of amides is 4. The Labute approximate surface area is 208 Å². The van der Waals surface area contributed by atoms with Crippen LogP contribution in [0.4, 0.5) is 18.0 Å². The van der Waals surface area contributed by atoms with Gasteiger partial charge in [0.05, 0.1) is 29.4 Å². The third-order valence-corrected chi connectivity index (χ3v) is 6.34. The van der Waals surface area contributed by atoms with E-state index in [4.69, 9.17) is 4.74 Å². The van der Waals surface area contributed by atoms with E-state index in [1.807, 2.05) is 13.8 Å². The Kier molecular flexibility index (Phi) is 8.65. The van der Waals surface area contributed by atoms with E-state index in [2.05, 4.69) is 10.6 Å². The summed E-state index contributed by atoms with van der Waals surface area (Å²) in [5, 5.41) is 5.42. The second-order valence-electron chi connectivity index (χ2n) is 9.29. The van der Waals surface area contributed by atoms with Gasteiger partial charge in [-0.3, -0.25) is 14.5 Å². The van der Waals surface area contributed by atoms with Crippen molar-refractivity contribution in [3.8, 4) is 0 Å². The monoisotopic (exact) mass is 510 g/mol. The number of nitrogens with zero attached hydrogens (tertiary/aromatic N) is 2. The molecule has 1 aromatic rings. The molecule has 0 saturated heterocycles. The molecule has 0 spiro atoms. The molecule has 0 saturated carbocycles. The number of methoxy groups -OCH3 is 1. The SMILES string of the molecule is CCN1C(=O)NC(c2ccccc2C(F)(F)F)C2=C1CN(C(CC(C)C)C(=O)NCCCOC)C2=O. The van der Waals surface area contributed by atoms with E-state index in [1.54, 1.807) is 14.0 Å². The Morgan fingerprint density at radius 2 is 1.94 bits per heavy atom. The van der Waals surface area contributed by atoms with E-state index in [-0.39, 0.29) is 36.1 Å². The maximum absolute atomic E-state index is 13.8. The van der Waals surface area contributed by atoms with Crippen LogP contribution in [0.2, 0.25) is 0 Å². The van der Waals surface area contributed by atoms with Crippen molar-refractivity contribution in [1.29, 1.82) is 0 Å². The zero-order valence-corrected chi connectivity index (χ0v) is 20.9. The lowest BCUT2D eigenvalue weighted by molar-refractivity contribution is -0.139. The van der Waals surface area contributed by atoms with Crippen molar-refractivity contribution >= 4 is 17.8 Å². The minimum atomic E-state index is -4.67. The third-order valence-electron chi connectivity index (χ3n) is 6.34. The van der Waals surface area contributed by atoms with Crippen LogP contribution in [-0.4, -0.2) is 67.0 Å². The van der Waals surface area contributed by atoms with Gasteiger partial charge in [-0.1, -0.05) is 32.0 Å². The molecule has 2 heterocycles. The van der Waals surface area contributed by atoms with Crippen LogP contribution in [0, 0.1) is 5.92 Å². The molecule has 36 heavy (non-hydrogen) atoms. The van der Waals surface area contributed by atoms with Crippen LogP contribution in [-0.2, 0) is 20.5 Å². The van der Waals surface area contributed by atoms with E-state index in [0.29, 0.717) is 31.7 Å². The van der Waals surface area contributed by atoms with Crippen LogP contribution in [0.5, 0.6) is 0 Å². The van der Waals surface area contributed by atoms with Crippen molar-refractivity contribution in [2.75, 3.05) is 33.4 Å². The normalized spacial score (nSPS) is 19.1. The summed E-state index contributed by atoms with van der Waals surface area (Å²) in [4.78, 5) is 42.5. The largest absolute Gasteiger partial charge is 0.416 e. The predicted octanol–water partition coefficient (Wildman–Crippen LogP) is 3.46. The minimum absolute atomic E-state index is 0.0387. The highest BCUT2D eigenvalue weighted by atomic mass is 19.4. The van der Waals surface area contributed by atoms with Crippen molar-refractivity contribution in [3.05, 3.63) is 46.7 Å². The lowest BCUT2D eigenvalue weighted by Crippen LogP contribution is -2.49. The Hall–Kier alpha value is -3.08. The van der Waals surface area contributed by atoms with Gasteiger partial charge in [0.25, 0.3) is 5.91 Å². The first kappa shape index (κ1) is 27.5. The van der Waals surface area contributed by atoms with Gasteiger partial charge in [-0.05, 0) is 37.3 Å². The van der Waals surface area contributed by atoms with E-state index >= 15 is 0 Å². The highest BCUT2D eigenvalue weighted by Crippen LogP contribution is 2.42. The van der Waals surface area contributed by atoms with Gasteiger partial charge in [0.2, 0.25) is 5.91 Å². The molecule has 11 heteroatoms. The molecule has 4 amide bonds. The van der Waals surface area contributed by atoms with Crippen LogP contribution in [0.25, 0.3) is 0 Å². The molecular formula is C25H33F3N4O4. The fourth-order valence-corrected chi connectivity index (χ4v) is 4.71. The number of hydrogen-bond donors (Lipinski definition) is 2. The number of likely N-dealkylation sites (N-methyl/N-ethyl adjacent to an activating group) is 1. The van der Waals surface area contributed by atoms with Crippen molar-refractivity contribution < 1.29 is 32.3 Å². The topological polar surface area (TPSA) is 91.0 Å². The molecule has 2 aliphatic rings. The number of benzene rings is 1. The first-order valence-electron chi connectivity index (χ1n) is 12.1. The molecule has 2 atom stereocenters. The van der Waals surface area contributed by atoms with Gasteiger partial charge in [-0.2, -0.15) is 13.2 Å². The number of carbonyl (C=O) groups is 3. The van der Waals surface area contributed by atoms with Crippen LogP contribution in [0.3, 0.4) is 0 Å². The van der Waals surface area contributed by atoms with Crippen LogP contribution < -0.4 is 10.6 Å². The molecule has 8 nitrogen and oxygen atoms in total. The summed E-state index contributed by atoms with van der Waals surface area (Å²) in [7, 11) is 1.56. The van der Waals surface area contributed by atoms with Gasteiger partial charge >= 0.3 is 12.2 Å². The molecule has 0 radical (unpaired) electrons. The number of rotatable bonds is 10. The Morgan fingerprint density at radius 1 is 1.25 bits per heavy atom. The van der Waals surface area contributed by atoms with Crippen LogP contribution >= 0.6 is 0 Å². The van der Waals surface area contributed by atoms with E-state index in [1.165, 1.54) is 28.0 Å². The van der Waals surface area contributed by atoms with E-state index < -0.39 is 35.8 Å². The first-order chi connectivity index (χ1) is 17.0. The summed E-state index contributed by atoms with van der Waals surface area (Å²) in [6.07, 6.45) is -3.72. The molecule has 0 bridgehead atoms. The van der Waals surface area contributed by atoms with Gasteiger partial charge in [0, 0.05) is 26.8 Å². The van der Waals surface area contributed by atoms with Crippen molar-refractivity contribution in [1.82, 2.24) is 20.4 Å². The fraction of sp³-hybridized carbons (Fsp3) is 0.560. The number of alkyl halides is 3. The molecule has 2 aliphatic heterocycles. The number of carbonyl (C=O) groups excluding carboxylic acids is 3. The average molecular weight is 511 g/mol. The standard InChI is InChI=1S/C25H33F3N4O4/c1-5-31-19-14-32(18(13-15(2)3)22(33)29-11-8-12-36-4)23(34)20(19)21(30-24(31)35)16-9-6-7-10-17(16)25(26,27)28/h6-7,9-10,15,18,21H,5,8,11-14H2,1-4H3,(H,29,33)(H,30,35). The molecule has 198 valence electrons. The second kappa shape index (κ2) is 11.3. The summed E-state index contributed by atoms with van der Waals surface area (Å²) in [6, 6.07) is 2.20. The maximum atomic E-state index is 13.8. The van der Waals surface area contributed by atoms with Gasteiger partial charge in [-0.15, -0.1) is 0 Å². The number of urea groups is 1. The third kappa shape index (κ3) is 5.66. The first-order valence-corrected chi connectivity index (χ1v) is 12.1. The van der Waals surface area contributed by atoms with Gasteiger partial charge in [0.15, 0.2) is 0 Å². The Bertz CT molecular complexity index is 1020. The number of nitrogens with one attached hydrogen (secondary N) is 2. The summed E-state index contributed by atoms with van der Waals surface area (Å²) >= 11 is 0. The van der Waals surface area contributed by atoms with Crippen LogP contribution in [0.1, 0.15) is 50.8 Å². The maximum Gasteiger partial charge on any atom is 0.416 e. The fourth-order valence-electron chi connectivity index (χ4n) is 4.71. The highest BCUT2D eigenvalue weighted by Gasteiger charge is 2.48. The van der Waals surface area contributed by atoms with Gasteiger partial charge in [-0.25, -0.2) is 4.79 Å². The quantitative estimate of drug-likeness (QED) is 0.472. The molecule has 2 unspecified atom stereocenters. The van der Waals surface area contributed by atoms with Gasteiger partial charge < -0.3 is 20.3 Å². The molecule has 0 fully saturated rings. The van der Waals surface area contributed by atoms with Crippen molar-refractivity contribution in [2.45, 2.75) is 51.9 Å². The smallest absolute Gasteiger partial charge is 0.385 e. The van der Waals surface area contributed by atoms with Crippen LogP contribution in [0.15, 0.2) is 35.5 Å². The molecule has 3 rings (SSSR count). The van der Waals surface area contributed by atoms with E-state index in [9.17, 15) is 27.6 Å². The average Bonchev–Trinajstić information content (AvgIpc) is 3.15. The van der Waals surface area contributed by atoms with E-state index in [0.717, 1.165) is 6.07 Å². The van der Waals surface area contributed by atoms with Crippen molar-refractivity contribution in [3.63, 3.8) is 0 Å². The molecule has 2 N–H and O–H groups in total. The summed E-state index contributed by atoms with van der Waals surface area (Å²) in [5.41, 5.74) is -0.738. The van der Waals surface area contributed by atoms with Gasteiger partial charge in [0.1, 0.15) is 6.04 Å². The molecular weight excluding hydrogens is 477 g/mol. The predicted molar refractivity (Wildman–Crippen MR) is 127 cm³/mol. The highest BCUT2D eigenvalue weighted by molar-refractivity contribution is 6.03. The zero-order chi connectivity index (χ0) is 26.6.